The summed E-state index contributed by atoms with van der Waals surface area (Å²) in [7, 11) is 4.09. The van der Waals surface area contributed by atoms with Crippen molar-refractivity contribution in [1.29, 1.82) is 0 Å². The lowest BCUT2D eigenvalue weighted by molar-refractivity contribution is 0.0481. The fourth-order valence-corrected chi connectivity index (χ4v) is 3.31. The molecule has 3 nitrogen and oxygen atoms in total. The molecular weight excluding hydrogens is 200 g/mol. The van der Waals surface area contributed by atoms with Crippen molar-refractivity contribution in [1.82, 2.24) is 10.2 Å². The number of hydrogen-bond donors (Lipinski definition) is 1. The topological polar surface area (TPSA) is 24.5 Å². The van der Waals surface area contributed by atoms with Crippen LogP contribution in [0.5, 0.6) is 0 Å². The molecule has 0 aromatic heterocycles. The lowest BCUT2D eigenvalue weighted by Gasteiger charge is -2.47. The van der Waals surface area contributed by atoms with Gasteiger partial charge in [0.1, 0.15) is 0 Å². The van der Waals surface area contributed by atoms with Gasteiger partial charge in [-0.1, -0.05) is 6.42 Å². The maximum atomic E-state index is 5.07. The van der Waals surface area contributed by atoms with E-state index < -0.39 is 0 Å². The van der Waals surface area contributed by atoms with E-state index in [1.54, 1.807) is 7.11 Å². The van der Waals surface area contributed by atoms with Crippen LogP contribution in [0.3, 0.4) is 0 Å². The molecule has 2 bridgehead atoms. The average molecular weight is 226 g/mol. The molecule has 2 saturated heterocycles. The smallest absolute Gasteiger partial charge is 0.0474 e. The third-order valence-corrected chi connectivity index (χ3v) is 4.30. The van der Waals surface area contributed by atoms with Crippen molar-refractivity contribution in [2.75, 3.05) is 27.3 Å². The van der Waals surface area contributed by atoms with Gasteiger partial charge in [0.15, 0.2) is 0 Å². The van der Waals surface area contributed by atoms with Crippen molar-refractivity contribution in [3.8, 4) is 0 Å². The van der Waals surface area contributed by atoms with Crippen LogP contribution in [-0.4, -0.2) is 50.3 Å². The average Bonchev–Trinajstić information content (AvgIpc) is 2.25. The molecular formula is C13H26N2O. The largest absolute Gasteiger partial charge is 0.385 e. The summed E-state index contributed by atoms with van der Waals surface area (Å²) in [5, 5.41) is 3.70. The maximum Gasteiger partial charge on any atom is 0.0474 e. The minimum atomic E-state index is 0.753. The van der Waals surface area contributed by atoms with Gasteiger partial charge >= 0.3 is 0 Å². The SMILES string of the molecule is COCCCNC1CC2CCCC(C1)N2C. The highest BCUT2D eigenvalue weighted by Gasteiger charge is 2.35. The Morgan fingerprint density at radius 1 is 1.25 bits per heavy atom. The van der Waals surface area contributed by atoms with Gasteiger partial charge in [0.25, 0.3) is 0 Å². The molecule has 2 unspecified atom stereocenters. The Kier molecular flexibility index (Phi) is 4.62. The standard InChI is InChI=1S/C13H26N2O/c1-15-12-5-3-6-13(15)10-11(9-12)14-7-4-8-16-2/h11-14H,3-10H2,1-2H3. The molecule has 1 N–H and O–H groups in total. The van der Waals surface area contributed by atoms with Crippen molar-refractivity contribution in [3.05, 3.63) is 0 Å². The first-order valence-corrected chi connectivity index (χ1v) is 6.75. The van der Waals surface area contributed by atoms with Gasteiger partial charge in [-0.3, -0.25) is 0 Å². The first kappa shape index (κ1) is 12.3. The van der Waals surface area contributed by atoms with Crippen molar-refractivity contribution in [2.45, 2.75) is 56.7 Å². The number of methoxy groups -OCH3 is 1. The van der Waals surface area contributed by atoms with Crippen LogP contribution in [0.1, 0.15) is 38.5 Å². The second-order valence-electron chi connectivity index (χ2n) is 5.37. The number of piperidine rings is 2. The molecule has 2 aliphatic heterocycles. The van der Waals surface area contributed by atoms with Gasteiger partial charge in [-0.25, -0.2) is 0 Å². The van der Waals surface area contributed by atoms with E-state index in [-0.39, 0.29) is 0 Å². The molecule has 0 radical (unpaired) electrons. The second kappa shape index (κ2) is 5.99. The Balaban J connectivity index is 1.72. The number of nitrogens with one attached hydrogen (secondary N) is 1. The molecule has 94 valence electrons. The summed E-state index contributed by atoms with van der Waals surface area (Å²) in [5.74, 6) is 0. The van der Waals surface area contributed by atoms with Gasteiger partial charge in [-0.15, -0.1) is 0 Å². The Morgan fingerprint density at radius 2 is 1.94 bits per heavy atom. The minimum Gasteiger partial charge on any atom is -0.385 e. The molecule has 0 saturated carbocycles. The number of hydrogen-bond acceptors (Lipinski definition) is 3. The van der Waals surface area contributed by atoms with E-state index in [9.17, 15) is 0 Å². The zero-order valence-electron chi connectivity index (χ0n) is 10.7. The van der Waals surface area contributed by atoms with Crippen LogP contribution in [-0.2, 0) is 4.74 Å². The molecule has 0 aromatic carbocycles. The van der Waals surface area contributed by atoms with Crippen LogP contribution in [0, 0.1) is 0 Å². The predicted molar refractivity (Wildman–Crippen MR) is 66.7 cm³/mol. The summed E-state index contributed by atoms with van der Waals surface area (Å²) in [6, 6.07) is 2.43. The molecule has 2 atom stereocenters. The summed E-state index contributed by atoms with van der Waals surface area (Å²) in [6.45, 7) is 1.99. The van der Waals surface area contributed by atoms with E-state index >= 15 is 0 Å². The van der Waals surface area contributed by atoms with Gasteiger partial charge in [-0.05, 0) is 45.7 Å². The highest BCUT2D eigenvalue weighted by molar-refractivity contribution is 4.93. The van der Waals surface area contributed by atoms with Gasteiger partial charge in [-0.2, -0.15) is 0 Å². The Bertz CT molecular complexity index is 196. The van der Waals surface area contributed by atoms with Crippen molar-refractivity contribution in [2.24, 2.45) is 0 Å². The van der Waals surface area contributed by atoms with Crippen LogP contribution in [0.2, 0.25) is 0 Å². The first-order valence-electron chi connectivity index (χ1n) is 6.75. The molecule has 2 aliphatic rings. The number of ether oxygens (including phenoxy) is 1. The first-order chi connectivity index (χ1) is 7.81. The number of fused-ring (bicyclic) bond motifs is 2. The van der Waals surface area contributed by atoms with Gasteiger partial charge in [0, 0.05) is 31.8 Å². The van der Waals surface area contributed by atoms with Crippen LogP contribution in [0.4, 0.5) is 0 Å². The Labute approximate surface area is 99.5 Å². The summed E-state index contributed by atoms with van der Waals surface area (Å²) < 4.78 is 5.07. The molecule has 2 rings (SSSR count). The van der Waals surface area contributed by atoms with Crippen molar-refractivity contribution < 1.29 is 4.74 Å². The predicted octanol–water partition coefficient (Wildman–Crippen LogP) is 1.63. The summed E-state index contributed by atoms with van der Waals surface area (Å²) in [4.78, 5) is 2.62. The summed E-state index contributed by atoms with van der Waals surface area (Å²) >= 11 is 0. The molecule has 0 spiro atoms. The Hall–Kier alpha value is -0.120. The van der Waals surface area contributed by atoms with E-state index in [4.69, 9.17) is 4.74 Å². The monoisotopic (exact) mass is 226 g/mol. The van der Waals surface area contributed by atoms with Crippen LogP contribution in [0.25, 0.3) is 0 Å². The van der Waals surface area contributed by atoms with Crippen LogP contribution < -0.4 is 5.32 Å². The Morgan fingerprint density at radius 3 is 2.56 bits per heavy atom. The van der Waals surface area contributed by atoms with Crippen LogP contribution in [0.15, 0.2) is 0 Å². The molecule has 16 heavy (non-hydrogen) atoms. The van der Waals surface area contributed by atoms with Gasteiger partial charge < -0.3 is 15.0 Å². The normalized spacial score (nSPS) is 35.2. The van der Waals surface area contributed by atoms with Crippen LogP contribution >= 0.6 is 0 Å². The minimum absolute atomic E-state index is 0.753. The summed E-state index contributed by atoms with van der Waals surface area (Å²) in [6.07, 6.45) is 8.08. The molecule has 3 heteroatoms. The third-order valence-electron chi connectivity index (χ3n) is 4.30. The lowest BCUT2D eigenvalue weighted by atomic mass is 9.82. The van der Waals surface area contributed by atoms with E-state index in [2.05, 4.69) is 17.3 Å². The van der Waals surface area contributed by atoms with E-state index in [0.717, 1.165) is 37.7 Å². The fourth-order valence-electron chi connectivity index (χ4n) is 3.31. The molecule has 2 fully saturated rings. The molecule has 0 aliphatic carbocycles. The van der Waals surface area contributed by atoms with Gasteiger partial charge in [0.2, 0.25) is 0 Å². The molecule has 2 heterocycles. The number of nitrogens with zero attached hydrogens (tertiary/aromatic N) is 1. The zero-order chi connectivity index (χ0) is 11.4. The maximum absolute atomic E-state index is 5.07. The molecule has 0 amide bonds. The fraction of sp³-hybridized carbons (Fsp3) is 1.00. The van der Waals surface area contributed by atoms with Gasteiger partial charge in [0.05, 0.1) is 0 Å². The highest BCUT2D eigenvalue weighted by atomic mass is 16.5. The number of rotatable bonds is 5. The van der Waals surface area contributed by atoms with Crippen molar-refractivity contribution in [3.63, 3.8) is 0 Å². The second-order valence-corrected chi connectivity index (χ2v) is 5.37. The zero-order valence-corrected chi connectivity index (χ0v) is 10.7. The van der Waals surface area contributed by atoms with Crippen molar-refractivity contribution >= 4 is 0 Å². The van der Waals surface area contributed by atoms with E-state index in [1.165, 1.54) is 32.1 Å². The molecule has 0 aromatic rings. The quantitative estimate of drug-likeness (QED) is 0.721. The van der Waals surface area contributed by atoms with E-state index in [0.29, 0.717) is 0 Å². The highest BCUT2D eigenvalue weighted by Crippen LogP contribution is 2.32. The third kappa shape index (κ3) is 2.96. The van der Waals surface area contributed by atoms with E-state index in [1.807, 2.05) is 0 Å². The summed E-state index contributed by atoms with van der Waals surface area (Å²) in [5.41, 5.74) is 0. The lowest BCUT2D eigenvalue weighted by Crippen LogP contribution is -2.54.